The number of piperidine rings is 6. The van der Waals surface area contributed by atoms with Crippen LogP contribution in [0.15, 0.2) is 73.1 Å². The summed E-state index contributed by atoms with van der Waals surface area (Å²) < 4.78 is 14.3. The topological polar surface area (TPSA) is 50.7 Å². The molecular weight excluding hydrogens is 801 g/mol. The van der Waals surface area contributed by atoms with E-state index in [2.05, 4.69) is 136 Å². The summed E-state index contributed by atoms with van der Waals surface area (Å²) >= 11 is 0. The normalized spacial score (nSPS) is 28.4. The fourth-order valence-electron chi connectivity index (χ4n) is 11.9. The molecule has 6 aliphatic heterocycles. The minimum Gasteiger partial charge on any atom is -0.409 e. The third kappa shape index (κ3) is 10.5. The van der Waals surface area contributed by atoms with E-state index in [0.29, 0.717) is 12.1 Å². The van der Waals surface area contributed by atoms with Crippen LogP contribution in [0, 0.1) is 23.7 Å². The smallest absolute Gasteiger partial charge is 0.184 e. The Morgan fingerprint density at radius 3 is 1.32 bits per heavy atom. The van der Waals surface area contributed by atoms with Crippen LogP contribution >= 0.6 is 0 Å². The molecule has 0 N–H and O–H groups in total. The van der Waals surface area contributed by atoms with Crippen LogP contribution < -0.4 is 0 Å². The maximum Gasteiger partial charge on any atom is 0.184 e. The van der Waals surface area contributed by atoms with E-state index in [9.17, 15) is 0 Å². The molecule has 2 unspecified atom stereocenters. The molecule has 0 aliphatic carbocycles. The molecule has 6 fully saturated rings. The fraction of sp³-hybridized carbons (Fsp3) is 0.640. The summed E-state index contributed by atoms with van der Waals surface area (Å²) in [7, 11) is -6.14. The lowest BCUT2D eigenvalue weighted by Crippen LogP contribution is -2.56. The molecule has 60 heavy (non-hydrogen) atoms. The Labute approximate surface area is 367 Å². The highest BCUT2D eigenvalue weighted by molar-refractivity contribution is 6.82. The van der Waals surface area contributed by atoms with Gasteiger partial charge in [-0.2, -0.15) is 0 Å². The van der Waals surface area contributed by atoms with E-state index in [1.165, 1.54) is 111 Å². The number of fused-ring (bicyclic) bond motifs is 8. The maximum atomic E-state index is 7.14. The predicted molar refractivity (Wildman–Crippen MR) is 264 cm³/mol. The molecular formula is C50H78N4O2Si4. The highest BCUT2D eigenvalue weighted by Gasteiger charge is 2.47. The van der Waals surface area contributed by atoms with E-state index in [1.54, 1.807) is 0 Å². The lowest BCUT2D eigenvalue weighted by molar-refractivity contribution is -0.0506. The number of aromatic nitrogens is 2. The number of hydrogen-bond donors (Lipinski definition) is 0. The molecule has 10 rings (SSSR count). The van der Waals surface area contributed by atoms with E-state index in [0.717, 1.165) is 34.7 Å². The molecule has 0 spiro atoms. The third-order valence-electron chi connectivity index (χ3n) is 15.4. The molecule has 2 aromatic heterocycles. The summed E-state index contributed by atoms with van der Waals surface area (Å²) in [6.45, 7) is 30.1. The minimum absolute atomic E-state index is 0.127. The van der Waals surface area contributed by atoms with E-state index in [4.69, 9.17) is 18.8 Å². The molecule has 326 valence electrons. The number of nitrogens with zero attached hydrogens (tertiary/aromatic N) is 4. The van der Waals surface area contributed by atoms with Crippen LogP contribution in [0.2, 0.25) is 89.6 Å². The van der Waals surface area contributed by atoms with E-state index < -0.39 is 32.8 Å². The quantitative estimate of drug-likeness (QED) is 0.0985. The zero-order chi connectivity index (χ0) is 42.5. The van der Waals surface area contributed by atoms with Gasteiger partial charge in [0.15, 0.2) is 16.6 Å². The van der Waals surface area contributed by atoms with Crippen LogP contribution in [-0.4, -0.2) is 90.8 Å². The predicted octanol–water partition coefficient (Wildman–Crippen LogP) is 12.9. The fourth-order valence-corrected chi connectivity index (χ4v) is 22.2. The van der Waals surface area contributed by atoms with Crippen LogP contribution in [0.3, 0.4) is 0 Å². The molecule has 6 saturated heterocycles. The van der Waals surface area contributed by atoms with Crippen LogP contribution in [0.25, 0.3) is 21.8 Å². The van der Waals surface area contributed by atoms with Crippen molar-refractivity contribution in [3.63, 3.8) is 0 Å². The monoisotopic (exact) mass is 879 g/mol. The molecule has 4 aromatic rings. The van der Waals surface area contributed by atoms with Crippen molar-refractivity contribution in [3.8, 4) is 0 Å². The van der Waals surface area contributed by atoms with Gasteiger partial charge >= 0.3 is 0 Å². The lowest BCUT2D eigenvalue weighted by atomic mass is 9.72. The first kappa shape index (κ1) is 44.6. The highest BCUT2D eigenvalue weighted by atomic mass is 28.4. The summed E-state index contributed by atoms with van der Waals surface area (Å²) in [5.74, 6) is 3.36. The van der Waals surface area contributed by atoms with Crippen LogP contribution in [-0.2, 0) is 8.85 Å². The van der Waals surface area contributed by atoms with Crippen molar-refractivity contribution in [1.82, 2.24) is 19.8 Å². The van der Waals surface area contributed by atoms with Gasteiger partial charge in [0.2, 0.25) is 0 Å². The largest absolute Gasteiger partial charge is 0.409 e. The van der Waals surface area contributed by atoms with Gasteiger partial charge in [-0.3, -0.25) is 19.8 Å². The standard InChI is InChI=1S/C50H78N4O2Si4/c1-57(2,3)55-49(43-19-25-51-45-17-13-11-15-41(43)45)47-33-37-21-27-53(47)35-39(37)23-29-59(7,8)31-32-60(9,10)30-24-40-36-54-28-22-38(40)34-48(54)50(56-58(4,5)6)44-20-26-52-46-18-14-12-16-42(44)46/h11-20,25-26,37-40,47-50H,21-24,27-36H2,1-10H3/t37-,38-,39-,40-,47-,48-,49+,50+/m0/s1. The zero-order valence-electron chi connectivity index (χ0n) is 39.1. The first-order valence-corrected chi connectivity index (χ1v) is 37.6. The molecule has 4 bridgehead atoms. The molecule has 0 saturated carbocycles. The first-order valence-electron chi connectivity index (χ1n) is 23.9. The SMILES string of the molecule is C[Si](C)(CC[C@H]1CN2CC[C@H]1C[C@H]2[C@H](O[Si](C)(C)C)c1ccnc2ccccc12)CC[Si](C)(C)CC[C@H]1CN2CC[C@H]1C[C@H]2[C@H](O[Si](C)(C)C)c1ccnc2ccccc12. The molecule has 6 nitrogen and oxygen atoms in total. The number of hydrogen-bond acceptors (Lipinski definition) is 6. The summed E-state index contributed by atoms with van der Waals surface area (Å²) in [5.41, 5.74) is 4.88. The van der Waals surface area contributed by atoms with Crippen molar-refractivity contribution in [1.29, 1.82) is 0 Å². The van der Waals surface area contributed by atoms with Crippen molar-refractivity contribution in [2.45, 2.75) is 152 Å². The average molecular weight is 880 g/mol. The minimum atomic E-state index is -1.78. The second-order valence-corrected chi connectivity index (χ2v) is 42.8. The zero-order valence-corrected chi connectivity index (χ0v) is 43.1. The first-order chi connectivity index (χ1) is 28.4. The van der Waals surface area contributed by atoms with Gasteiger partial charge < -0.3 is 8.85 Å². The third-order valence-corrected chi connectivity index (χ3v) is 24.3. The second-order valence-electron chi connectivity index (χ2n) is 23.3. The Balaban J connectivity index is 0.840. The van der Waals surface area contributed by atoms with Gasteiger partial charge in [0.25, 0.3) is 0 Å². The average Bonchev–Trinajstić information content (AvgIpc) is 3.22. The highest BCUT2D eigenvalue weighted by Crippen LogP contribution is 2.48. The van der Waals surface area contributed by atoms with Crippen LogP contribution in [0.5, 0.6) is 0 Å². The lowest BCUT2D eigenvalue weighted by Gasteiger charge is -2.53. The molecule has 0 radical (unpaired) electrons. The van der Waals surface area contributed by atoms with Crippen molar-refractivity contribution in [2.24, 2.45) is 23.7 Å². The molecule has 10 heteroatoms. The van der Waals surface area contributed by atoms with Gasteiger partial charge in [0.1, 0.15) is 0 Å². The summed E-state index contributed by atoms with van der Waals surface area (Å²) in [4.78, 5) is 15.1. The molecule has 10 atom stereocenters. The van der Waals surface area contributed by atoms with Gasteiger partial charge in [-0.05, 0) is 137 Å². The van der Waals surface area contributed by atoms with Gasteiger partial charge in [-0.25, -0.2) is 0 Å². The molecule has 2 aromatic carbocycles. The Kier molecular flexibility index (Phi) is 13.3. The van der Waals surface area contributed by atoms with Gasteiger partial charge in [-0.1, -0.05) is 99.6 Å². The Bertz CT molecular complexity index is 1920. The van der Waals surface area contributed by atoms with Gasteiger partial charge in [0, 0.05) is 64.5 Å². The second kappa shape index (κ2) is 17.9. The van der Waals surface area contributed by atoms with Crippen molar-refractivity contribution < 1.29 is 8.85 Å². The van der Waals surface area contributed by atoms with Crippen LogP contribution in [0.1, 0.15) is 61.9 Å². The van der Waals surface area contributed by atoms with Crippen molar-refractivity contribution >= 4 is 54.6 Å². The summed E-state index contributed by atoms with van der Waals surface area (Å²) in [6, 6.07) is 28.9. The van der Waals surface area contributed by atoms with Gasteiger partial charge in [-0.15, -0.1) is 0 Å². The van der Waals surface area contributed by atoms with Crippen LogP contribution in [0.4, 0.5) is 0 Å². The number of rotatable bonds is 17. The van der Waals surface area contributed by atoms with Gasteiger partial charge in [0.05, 0.1) is 23.2 Å². The Morgan fingerprint density at radius 2 is 0.950 bits per heavy atom. The summed E-state index contributed by atoms with van der Waals surface area (Å²) in [5, 5.41) is 2.54. The molecule has 8 heterocycles. The Hall–Kier alpha value is -2.03. The maximum absolute atomic E-state index is 7.14. The number of para-hydroxylation sites is 2. The van der Waals surface area contributed by atoms with E-state index in [1.807, 2.05) is 12.4 Å². The van der Waals surface area contributed by atoms with E-state index in [-0.39, 0.29) is 12.2 Å². The number of benzene rings is 2. The number of pyridine rings is 2. The molecule has 6 aliphatic rings. The Morgan fingerprint density at radius 1 is 0.550 bits per heavy atom. The van der Waals surface area contributed by atoms with Crippen molar-refractivity contribution in [3.05, 3.63) is 84.2 Å². The molecule has 0 amide bonds. The summed E-state index contributed by atoms with van der Waals surface area (Å²) in [6.07, 6.45) is 12.4. The van der Waals surface area contributed by atoms with E-state index >= 15 is 0 Å². The van der Waals surface area contributed by atoms with Crippen molar-refractivity contribution in [2.75, 3.05) is 26.2 Å².